The van der Waals surface area contributed by atoms with Crippen molar-refractivity contribution in [2.45, 2.75) is 88.8 Å². The lowest BCUT2D eigenvalue weighted by Crippen LogP contribution is -2.49. The minimum atomic E-state index is -0.913. The Morgan fingerprint density at radius 1 is 0.983 bits per heavy atom. The summed E-state index contributed by atoms with van der Waals surface area (Å²) in [6.07, 6.45) is 7.17. The number of nitrogens with zero attached hydrogens (tertiary/aromatic N) is 7. The summed E-state index contributed by atoms with van der Waals surface area (Å²) < 4.78 is 55.9. The first-order chi connectivity index (χ1) is 28.9. The fraction of sp³-hybridized carbons (Fsp3) is 0.442. The molecular formula is C43H47F3N10O4. The van der Waals surface area contributed by atoms with E-state index in [0.29, 0.717) is 29.2 Å². The number of hydrogen-bond acceptors (Lipinski definition) is 10. The highest BCUT2D eigenvalue weighted by Crippen LogP contribution is 2.44. The van der Waals surface area contributed by atoms with Crippen molar-refractivity contribution in [1.82, 2.24) is 29.5 Å². The van der Waals surface area contributed by atoms with E-state index in [-0.39, 0.29) is 76.8 Å². The fourth-order valence-corrected chi connectivity index (χ4v) is 9.46. The van der Waals surface area contributed by atoms with E-state index >= 15 is 8.78 Å². The Hall–Kier alpha value is -5.99. The van der Waals surface area contributed by atoms with Gasteiger partial charge in [0.05, 0.1) is 52.7 Å². The molecule has 1 atom stereocenters. The first kappa shape index (κ1) is 40.8. The highest BCUT2D eigenvalue weighted by Gasteiger charge is 2.45. The van der Waals surface area contributed by atoms with E-state index in [1.807, 2.05) is 26.0 Å². The molecule has 2 aromatic heterocycles. The standard InChI is InChI=1S/C41H41F3N10O4.C2H6/c1-51-33-17-25(29(43)16-26(33)38(50-51)53-13-10-34(55)49-40(53)57)22-2-4-23(5-3-22)52-14-11-41(12-15-52)18-24(20-58-41)54-21-47-31-8-9-32(36(44)35(31)39(54)56)48-37-27(19-45)30(46)7-6-28(37)42;1-2/h6-9,16-17,21-24,48H,2-5,10-15,18,20,46H2,1H3,(H,49,55,57);1-2H3. The normalized spacial score (nSPS) is 21.8. The molecule has 1 spiro atoms. The van der Waals surface area contributed by atoms with E-state index in [1.165, 1.54) is 40.1 Å². The number of nitriles is 1. The zero-order valence-corrected chi connectivity index (χ0v) is 33.7. The van der Waals surface area contributed by atoms with Gasteiger partial charge in [0.25, 0.3) is 5.56 Å². The quantitative estimate of drug-likeness (QED) is 0.153. The minimum absolute atomic E-state index is 0.0290. The van der Waals surface area contributed by atoms with Crippen molar-refractivity contribution in [1.29, 1.82) is 5.26 Å². The van der Waals surface area contributed by atoms with E-state index in [4.69, 9.17) is 10.5 Å². The third-order valence-corrected chi connectivity index (χ3v) is 12.7. The smallest absolute Gasteiger partial charge is 0.329 e. The molecular weight excluding hydrogens is 778 g/mol. The number of piperidine rings is 1. The molecule has 3 amide bonds. The lowest BCUT2D eigenvalue weighted by Gasteiger charge is -2.44. The van der Waals surface area contributed by atoms with Gasteiger partial charge < -0.3 is 20.7 Å². The van der Waals surface area contributed by atoms with Crippen LogP contribution in [0.3, 0.4) is 0 Å². The van der Waals surface area contributed by atoms with Crippen molar-refractivity contribution in [2.24, 2.45) is 7.05 Å². The molecule has 314 valence electrons. The maximum absolute atomic E-state index is 16.0. The highest BCUT2D eigenvalue weighted by molar-refractivity contribution is 6.08. The average molecular weight is 825 g/mol. The molecule has 9 rings (SSSR count). The highest BCUT2D eigenvalue weighted by atomic mass is 19.1. The second-order valence-electron chi connectivity index (χ2n) is 15.9. The minimum Gasteiger partial charge on any atom is -0.398 e. The van der Waals surface area contributed by atoms with E-state index in [0.717, 1.165) is 63.2 Å². The molecule has 0 radical (unpaired) electrons. The van der Waals surface area contributed by atoms with Crippen molar-refractivity contribution >= 4 is 56.6 Å². The Morgan fingerprint density at radius 3 is 2.45 bits per heavy atom. The summed E-state index contributed by atoms with van der Waals surface area (Å²) in [7, 11) is 1.77. The number of aryl methyl sites for hydroxylation is 1. The number of ether oxygens (including phenoxy) is 1. The fourth-order valence-electron chi connectivity index (χ4n) is 9.46. The number of nitrogens with two attached hydrogens (primary N) is 1. The Morgan fingerprint density at radius 2 is 1.73 bits per heavy atom. The number of likely N-dealkylation sites (tertiary alicyclic amines) is 1. The van der Waals surface area contributed by atoms with Crippen LogP contribution in [0.5, 0.6) is 0 Å². The molecule has 3 aromatic carbocycles. The summed E-state index contributed by atoms with van der Waals surface area (Å²) in [5.74, 6) is -2.00. The van der Waals surface area contributed by atoms with Gasteiger partial charge in [0.2, 0.25) is 5.91 Å². The molecule has 5 aromatic rings. The van der Waals surface area contributed by atoms with Crippen LogP contribution in [-0.4, -0.2) is 74.1 Å². The molecule has 14 nitrogen and oxygen atoms in total. The van der Waals surface area contributed by atoms with Gasteiger partial charge in [-0.2, -0.15) is 10.4 Å². The first-order valence-electron chi connectivity index (χ1n) is 20.5. The molecule has 4 N–H and O–H groups in total. The first-order valence-corrected chi connectivity index (χ1v) is 20.5. The number of carbonyl (C=O) groups excluding carboxylic acids is 2. The molecule has 60 heavy (non-hydrogen) atoms. The number of amides is 3. The maximum Gasteiger partial charge on any atom is 0.329 e. The Kier molecular flexibility index (Phi) is 11.0. The van der Waals surface area contributed by atoms with Gasteiger partial charge in [0.15, 0.2) is 11.6 Å². The van der Waals surface area contributed by atoms with Gasteiger partial charge in [0, 0.05) is 44.5 Å². The molecule has 5 heterocycles. The molecule has 4 aliphatic rings. The zero-order chi connectivity index (χ0) is 42.5. The Labute approximate surface area is 344 Å². The van der Waals surface area contributed by atoms with Crippen LogP contribution in [0, 0.1) is 28.8 Å². The van der Waals surface area contributed by atoms with Crippen molar-refractivity contribution in [3.8, 4) is 6.07 Å². The Balaban J connectivity index is 0.00000246. The largest absolute Gasteiger partial charge is 0.398 e. The molecule has 17 heteroatoms. The molecule has 1 unspecified atom stereocenters. The number of aromatic nitrogens is 4. The van der Waals surface area contributed by atoms with Crippen LogP contribution >= 0.6 is 0 Å². The number of halogens is 3. The average Bonchev–Trinajstić information content (AvgIpc) is 3.80. The lowest BCUT2D eigenvalue weighted by atomic mass is 9.79. The van der Waals surface area contributed by atoms with E-state index in [9.17, 15) is 24.0 Å². The summed E-state index contributed by atoms with van der Waals surface area (Å²) in [6, 6.07) is 9.72. The van der Waals surface area contributed by atoms with Crippen molar-refractivity contribution in [3.05, 3.63) is 81.7 Å². The topological polar surface area (TPSA) is 176 Å². The number of hydrogen-bond donors (Lipinski definition) is 3. The zero-order valence-electron chi connectivity index (χ0n) is 33.7. The van der Waals surface area contributed by atoms with Gasteiger partial charge in [-0.3, -0.25) is 29.1 Å². The molecule has 3 aliphatic heterocycles. The van der Waals surface area contributed by atoms with Crippen LogP contribution in [0.4, 0.5) is 40.8 Å². The number of urea groups is 1. The van der Waals surface area contributed by atoms with Crippen molar-refractivity contribution < 1.29 is 27.5 Å². The third kappa shape index (κ3) is 7.21. The van der Waals surface area contributed by atoms with Crippen molar-refractivity contribution in [3.63, 3.8) is 0 Å². The number of nitrogens with one attached hydrogen (secondary N) is 2. The second-order valence-corrected chi connectivity index (χ2v) is 15.9. The van der Waals surface area contributed by atoms with Gasteiger partial charge in [-0.15, -0.1) is 0 Å². The second kappa shape index (κ2) is 16.2. The molecule has 1 saturated carbocycles. The molecule has 0 bridgehead atoms. The number of rotatable bonds is 6. The van der Waals surface area contributed by atoms with Crippen LogP contribution in [0.2, 0.25) is 0 Å². The van der Waals surface area contributed by atoms with Crippen LogP contribution < -0.4 is 26.8 Å². The SMILES string of the molecule is CC.Cn1nc(N2CCC(=O)NC2=O)c2cc(F)c(C3CCC(N4CCC5(CC4)CC(n4cnc6ccc(Nc7c(F)ccc(N)c7C#N)c(F)c6c4=O)CO5)CC3)cc21. The third-order valence-electron chi connectivity index (χ3n) is 12.7. The van der Waals surface area contributed by atoms with Gasteiger partial charge in [0.1, 0.15) is 28.7 Å². The van der Waals surface area contributed by atoms with Crippen LogP contribution in [0.1, 0.15) is 88.3 Å². The number of benzene rings is 3. The van der Waals surface area contributed by atoms with E-state index < -0.39 is 28.8 Å². The molecule has 4 fully saturated rings. The summed E-state index contributed by atoms with van der Waals surface area (Å²) in [4.78, 5) is 46.2. The lowest BCUT2D eigenvalue weighted by molar-refractivity contribution is -0.120. The van der Waals surface area contributed by atoms with Crippen LogP contribution in [0.25, 0.3) is 21.8 Å². The molecule has 1 aliphatic carbocycles. The van der Waals surface area contributed by atoms with Gasteiger partial charge in [-0.25, -0.2) is 22.9 Å². The predicted octanol–water partition coefficient (Wildman–Crippen LogP) is 6.89. The van der Waals surface area contributed by atoms with Crippen molar-refractivity contribution in [2.75, 3.05) is 42.2 Å². The van der Waals surface area contributed by atoms with Gasteiger partial charge in [-0.05, 0) is 92.8 Å². The van der Waals surface area contributed by atoms with Crippen LogP contribution in [-0.2, 0) is 16.6 Å². The van der Waals surface area contributed by atoms with E-state index in [2.05, 4.69) is 25.6 Å². The number of nitrogen functional groups attached to an aromatic ring is 1. The molecule has 3 saturated heterocycles. The van der Waals surface area contributed by atoms with Gasteiger partial charge in [-0.1, -0.05) is 13.8 Å². The van der Waals surface area contributed by atoms with Crippen LogP contribution in [0.15, 0.2) is 47.5 Å². The number of imide groups is 1. The summed E-state index contributed by atoms with van der Waals surface area (Å²) in [5, 5.41) is 19.2. The van der Waals surface area contributed by atoms with Gasteiger partial charge >= 0.3 is 6.03 Å². The summed E-state index contributed by atoms with van der Waals surface area (Å²) in [6.45, 7) is 6.09. The number of carbonyl (C=O) groups is 2. The summed E-state index contributed by atoms with van der Waals surface area (Å²) in [5.41, 5.74) is 5.73. The number of anilines is 4. The predicted molar refractivity (Wildman–Crippen MR) is 220 cm³/mol. The monoisotopic (exact) mass is 824 g/mol. The Bertz CT molecular complexity index is 2610. The number of fused-ring (bicyclic) bond motifs is 2. The maximum atomic E-state index is 16.0. The van der Waals surface area contributed by atoms with E-state index in [1.54, 1.807) is 11.7 Å². The summed E-state index contributed by atoms with van der Waals surface area (Å²) >= 11 is 0.